The Bertz CT molecular complexity index is 830. The third-order valence-electron chi connectivity index (χ3n) is 4.10. The Hall–Kier alpha value is -3.30. The lowest BCUT2D eigenvalue weighted by Gasteiger charge is -2.24. The first-order chi connectivity index (χ1) is 12.3. The topological polar surface area (TPSA) is 107 Å². The van der Waals surface area contributed by atoms with Gasteiger partial charge in [0.2, 0.25) is 5.95 Å². The number of carbonyl (C=O) groups is 1. The van der Waals surface area contributed by atoms with E-state index < -0.39 is 0 Å². The predicted octanol–water partition coefficient (Wildman–Crippen LogP) is 0.950. The largest absolute Gasteiger partial charge is 0.322 e. The van der Waals surface area contributed by atoms with E-state index in [-0.39, 0.29) is 12.1 Å². The van der Waals surface area contributed by atoms with E-state index in [2.05, 4.69) is 30.7 Å². The standard InChI is InChI=1S/C15H17N9O/c25-15(23-7-1-3-13(23)11-22-8-6-18-21-22)20-12-9-19-24(10-12)14-16-4-2-5-17-14/h2,4-6,8-10,13H,1,3,7,11H2,(H,20,25)/t13-/m0/s1. The van der Waals surface area contributed by atoms with Crippen molar-refractivity contribution in [2.24, 2.45) is 0 Å². The lowest BCUT2D eigenvalue weighted by atomic mass is 10.2. The van der Waals surface area contributed by atoms with Gasteiger partial charge in [-0.2, -0.15) is 5.10 Å². The van der Waals surface area contributed by atoms with Crippen molar-refractivity contribution in [1.82, 2.24) is 39.6 Å². The maximum absolute atomic E-state index is 12.6. The van der Waals surface area contributed by atoms with E-state index >= 15 is 0 Å². The Morgan fingerprint density at radius 3 is 2.96 bits per heavy atom. The molecule has 128 valence electrons. The number of carbonyl (C=O) groups excluding carboxylic acids is 1. The van der Waals surface area contributed by atoms with Crippen LogP contribution in [0.25, 0.3) is 5.95 Å². The number of hydrogen-bond donors (Lipinski definition) is 1. The number of rotatable bonds is 4. The molecule has 3 aromatic heterocycles. The van der Waals surface area contributed by atoms with Crippen LogP contribution in [0.5, 0.6) is 0 Å². The Labute approximate surface area is 143 Å². The fourth-order valence-electron chi connectivity index (χ4n) is 2.94. The number of nitrogens with zero attached hydrogens (tertiary/aromatic N) is 8. The average Bonchev–Trinajstić information content (AvgIpc) is 3.38. The van der Waals surface area contributed by atoms with Gasteiger partial charge in [0.05, 0.1) is 36.9 Å². The lowest BCUT2D eigenvalue weighted by molar-refractivity contribution is 0.199. The molecule has 0 radical (unpaired) electrons. The average molecular weight is 339 g/mol. The summed E-state index contributed by atoms with van der Waals surface area (Å²) in [5.74, 6) is 0.452. The molecule has 10 heteroatoms. The van der Waals surface area contributed by atoms with E-state index in [1.807, 2.05) is 4.90 Å². The van der Waals surface area contributed by atoms with E-state index in [1.54, 1.807) is 47.9 Å². The van der Waals surface area contributed by atoms with Crippen molar-refractivity contribution < 1.29 is 4.79 Å². The van der Waals surface area contributed by atoms with Gasteiger partial charge in [-0.3, -0.25) is 4.68 Å². The summed E-state index contributed by atoms with van der Waals surface area (Å²) in [6, 6.07) is 1.70. The number of amides is 2. The minimum Gasteiger partial charge on any atom is -0.320 e. The molecule has 0 unspecified atom stereocenters. The molecule has 1 N–H and O–H groups in total. The maximum atomic E-state index is 12.6. The van der Waals surface area contributed by atoms with Crippen LogP contribution in [0.1, 0.15) is 12.8 Å². The molecule has 10 nitrogen and oxygen atoms in total. The van der Waals surface area contributed by atoms with Gasteiger partial charge in [-0.05, 0) is 18.9 Å². The second-order valence-electron chi connectivity index (χ2n) is 5.77. The van der Waals surface area contributed by atoms with Crippen molar-refractivity contribution in [3.05, 3.63) is 43.2 Å². The zero-order valence-electron chi connectivity index (χ0n) is 13.4. The molecule has 0 aromatic carbocycles. The number of aromatic nitrogens is 7. The van der Waals surface area contributed by atoms with Crippen molar-refractivity contribution in [3.63, 3.8) is 0 Å². The molecule has 1 aliphatic rings. The quantitative estimate of drug-likeness (QED) is 0.758. The van der Waals surface area contributed by atoms with Gasteiger partial charge >= 0.3 is 6.03 Å². The van der Waals surface area contributed by atoms with E-state index in [0.29, 0.717) is 18.2 Å². The fraction of sp³-hybridized carbons (Fsp3) is 0.333. The summed E-state index contributed by atoms with van der Waals surface area (Å²) in [6.45, 7) is 1.37. The molecular weight excluding hydrogens is 322 g/mol. The first-order valence-electron chi connectivity index (χ1n) is 8.03. The molecule has 3 aromatic rings. The van der Waals surface area contributed by atoms with Crippen LogP contribution in [0.3, 0.4) is 0 Å². The number of anilines is 1. The zero-order chi connectivity index (χ0) is 17.1. The second kappa shape index (κ2) is 6.67. The highest BCUT2D eigenvalue weighted by atomic mass is 16.2. The molecule has 0 spiro atoms. The summed E-state index contributed by atoms with van der Waals surface area (Å²) in [4.78, 5) is 22.7. The molecule has 2 amide bonds. The molecule has 1 saturated heterocycles. The van der Waals surface area contributed by atoms with Gasteiger partial charge in [0.1, 0.15) is 0 Å². The highest BCUT2D eigenvalue weighted by Crippen LogP contribution is 2.20. The molecule has 0 saturated carbocycles. The highest BCUT2D eigenvalue weighted by Gasteiger charge is 2.29. The molecule has 0 aliphatic carbocycles. The molecule has 25 heavy (non-hydrogen) atoms. The Balaban J connectivity index is 1.42. The van der Waals surface area contributed by atoms with E-state index in [0.717, 1.165) is 19.4 Å². The van der Waals surface area contributed by atoms with Crippen LogP contribution in [-0.4, -0.2) is 58.3 Å². The fourth-order valence-corrected chi connectivity index (χ4v) is 2.94. The predicted molar refractivity (Wildman–Crippen MR) is 87.9 cm³/mol. The second-order valence-corrected chi connectivity index (χ2v) is 5.77. The first kappa shape index (κ1) is 15.2. The van der Waals surface area contributed by atoms with Gasteiger partial charge in [-0.15, -0.1) is 5.10 Å². The molecule has 1 fully saturated rings. The number of urea groups is 1. The van der Waals surface area contributed by atoms with Crippen LogP contribution >= 0.6 is 0 Å². The molecule has 1 atom stereocenters. The monoisotopic (exact) mass is 339 g/mol. The molecule has 0 bridgehead atoms. The van der Waals surface area contributed by atoms with Crippen molar-refractivity contribution in [3.8, 4) is 5.95 Å². The summed E-state index contributed by atoms with van der Waals surface area (Å²) < 4.78 is 3.27. The Kier molecular flexibility index (Phi) is 4.07. The van der Waals surface area contributed by atoms with E-state index in [1.165, 1.54) is 4.68 Å². The van der Waals surface area contributed by atoms with Gasteiger partial charge in [-0.1, -0.05) is 5.21 Å². The lowest BCUT2D eigenvalue weighted by Crippen LogP contribution is -2.40. The normalized spacial score (nSPS) is 17.0. The Morgan fingerprint density at radius 2 is 2.16 bits per heavy atom. The van der Waals surface area contributed by atoms with Gasteiger partial charge < -0.3 is 10.2 Å². The van der Waals surface area contributed by atoms with Crippen LogP contribution in [0.4, 0.5) is 10.5 Å². The van der Waals surface area contributed by atoms with Gasteiger partial charge in [0.25, 0.3) is 0 Å². The summed E-state index contributed by atoms with van der Waals surface area (Å²) >= 11 is 0. The van der Waals surface area contributed by atoms with Crippen LogP contribution in [0.15, 0.2) is 43.2 Å². The van der Waals surface area contributed by atoms with Gasteiger partial charge in [0, 0.05) is 25.1 Å². The van der Waals surface area contributed by atoms with Crippen LogP contribution in [-0.2, 0) is 6.54 Å². The highest BCUT2D eigenvalue weighted by molar-refractivity contribution is 5.89. The van der Waals surface area contributed by atoms with Gasteiger partial charge in [0.15, 0.2) is 0 Å². The summed E-state index contributed by atoms with van der Waals surface area (Å²) in [5.41, 5.74) is 0.601. The molecule has 4 rings (SSSR count). The SMILES string of the molecule is O=C(Nc1cnn(-c2ncccn2)c1)N1CCC[C@H]1Cn1ccnn1. The summed E-state index contributed by atoms with van der Waals surface area (Å²) in [6.07, 6.45) is 11.9. The maximum Gasteiger partial charge on any atom is 0.322 e. The van der Waals surface area contributed by atoms with Crippen molar-refractivity contribution >= 4 is 11.7 Å². The van der Waals surface area contributed by atoms with Crippen molar-refractivity contribution in [1.29, 1.82) is 0 Å². The van der Waals surface area contributed by atoms with E-state index in [4.69, 9.17) is 0 Å². The third kappa shape index (κ3) is 3.32. The first-order valence-corrected chi connectivity index (χ1v) is 8.03. The summed E-state index contributed by atoms with van der Waals surface area (Å²) in [5, 5.41) is 14.8. The number of likely N-dealkylation sites (tertiary alicyclic amines) is 1. The minimum atomic E-state index is -0.142. The Morgan fingerprint density at radius 1 is 1.28 bits per heavy atom. The number of nitrogens with one attached hydrogen (secondary N) is 1. The molecule has 4 heterocycles. The van der Waals surface area contributed by atoms with Gasteiger partial charge in [-0.25, -0.2) is 19.4 Å². The summed E-state index contributed by atoms with van der Waals surface area (Å²) in [7, 11) is 0. The van der Waals surface area contributed by atoms with Crippen LogP contribution < -0.4 is 5.32 Å². The van der Waals surface area contributed by atoms with Crippen LogP contribution in [0.2, 0.25) is 0 Å². The van der Waals surface area contributed by atoms with E-state index in [9.17, 15) is 4.79 Å². The number of hydrogen-bond acceptors (Lipinski definition) is 6. The zero-order valence-corrected chi connectivity index (χ0v) is 13.4. The van der Waals surface area contributed by atoms with Crippen molar-refractivity contribution in [2.45, 2.75) is 25.4 Å². The third-order valence-corrected chi connectivity index (χ3v) is 4.10. The molecule has 1 aliphatic heterocycles. The molecular formula is C15H17N9O. The smallest absolute Gasteiger partial charge is 0.320 e. The minimum absolute atomic E-state index is 0.106. The van der Waals surface area contributed by atoms with Crippen LogP contribution in [0, 0.1) is 0 Å². The van der Waals surface area contributed by atoms with Crippen molar-refractivity contribution in [2.75, 3.05) is 11.9 Å².